The van der Waals surface area contributed by atoms with E-state index in [1.807, 2.05) is 6.92 Å². The van der Waals surface area contributed by atoms with Crippen LogP contribution in [0.25, 0.3) is 0 Å². The molecule has 1 N–H and O–H groups in total. The van der Waals surface area contributed by atoms with E-state index in [0.29, 0.717) is 19.5 Å². The lowest BCUT2D eigenvalue weighted by Gasteiger charge is -2.21. The van der Waals surface area contributed by atoms with E-state index in [2.05, 4.69) is 5.32 Å². The summed E-state index contributed by atoms with van der Waals surface area (Å²) < 4.78 is 69.9. The quantitative estimate of drug-likeness (QED) is 0.553. The highest BCUT2D eigenvalue weighted by Gasteiger charge is 2.30. The first kappa shape index (κ1) is 24.5. The zero-order chi connectivity index (χ0) is 22.2. The minimum atomic E-state index is -4.56. The third kappa shape index (κ3) is 7.46. The Bertz CT molecular complexity index is 805. The molecular weight excluding hydrogens is 421 g/mol. The molecule has 1 aliphatic rings. The standard InChI is InChI=1S/C20H29F3N2O4S/c1-2-3-6-9-19(26)24-17-14-16(10-11-18(17)29-15-20(21,22)23)30(27,28)25-12-7-4-5-8-13-25/h10-11,14H,2-9,12-13,15H2,1H3,(H,24,26). The number of halogens is 3. The lowest BCUT2D eigenvalue weighted by atomic mass is 10.2. The number of anilines is 1. The van der Waals surface area contributed by atoms with Crippen LogP contribution in [0, 0.1) is 0 Å². The molecule has 0 spiro atoms. The molecule has 1 aliphatic heterocycles. The molecule has 0 bridgehead atoms. The van der Waals surface area contributed by atoms with Crippen molar-refractivity contribution in [1.82, 2.24) is 4.31 Å². The highest BCUT2D eigenvalue weighted by molar-refractivity contribution is 7.89. The van der Waals surface area contributed by atoms with E-state index in [1.165, 1.54) is 16.4 Å². The number of hydrogen-bond donors (Lipinski definition) is 1. The van der Waals surface area contributed by atoms with Crippen molar-refractivity contribution in [2.45, 2.75) is 69.4 Å². The Kier molecular flexibility index (Phi) is 8.96. The van der Waals surface area contributed by atoms with Crippen molar-refractivity contribution in [3.05, 3.63) is 18.2 Å². The van der Waals surface area contributed by atoms with Crippen LogP contribution in [0.2, 0.25) is 0 Å². The maximum absolute atomic E-state index is 13.0. The van der Waals surface area contributed by atoms with Gasteiger partial charge in [0.2, 0.25) is 15.9 Å². The Hall–Kier alpha value is -1.81. The molecule has 1 amide bonds. The van der Waals surface area contributed by atoms with Gasteiger partial charge in [-0.1, -0.05) is 32.6 Å². The van der Waals surface area contributed by atoms with Crippen molar-refractivity contribution in [3.8, 4) is 5.75 Å². The summed E-state index contributed by atoms with van der Waals surface area (Å²) in [6.07, 6.45) is 1.44. The van der Waals surface area contributed by atoms with Crippen LogP contribution in [0.3, 0.4) is 0 Å². The molecule has 6 nitrogen and oxygen atoms in total. The molecule has 0 aromatic heterocycles. The SMILES string of the molecule is CCCCCC(=O)Nc1cc(S(=O)(=O)N2CCCCCC2)ccc1OCC(F)(F)F. The summed E-state index contributed by atoms with van der Waals surface area (Å²) in [7, 11) is -3.82. The van der Waals surface area contributed by atoms with Crippen LogP contribution in [0.4, 0.5) is 18.9 Å². The average molecular weight is 451 g/mol. The van der Waals surface area contributed by atoms with Crippen molar-refractivity contribution >= 4 is 21.6 Å². The number of ether oxygens (including phenoxy) is 1. The summed E-state index contributed by atoms with van der Waals surface area (Å²) in [6.45, 7) is 1.24. The summed E-state index contributed by atoms with van der Waals surface area (Å²) in [6, 6.07) is 3.57. The van der Waals surface area contributed by atoms with Gasteiger partial charge in [0.1, 0.15) is 5.75 Å². The number of nitrogens with one attached hydrogen (secondary N) is 1. The molecule has 0 saturated carbocycles. The Morgan fingerprint density at radius 2 is 1.80 bits per heavy atom. The fraction of sp³-hybridized carbons (Fsp3) is 0.650. The molecule has 0 unspecified atom stereocenters. The first-order valence-corrected chi connectivity index (χ1v) is 11.7. The summed E-state index contributed by atoms with van der Waals surface area (Å²) >= 11 is 0. The predicted octanol–water partition coefficient (Wildman–Crippen LogP) is 4.71. The van der Waals surface area contributed by atoms with Gasteiger partial charge < -0.3 is 10.1 Å². The van der Waals surface area contributed by atoms with Gasteiger partial charge in [-0.15, -0.1) is 0 Å². The second-order valence-electron chi connectivity index (χ2n) is 7.39. The fourth-order valence-corrected chi connectivity index (χ4v) is 4.78. The number of carbonyl (C=O) groups excluding carboxylic acids is 1. The first-order chi connectivity index (χ1) is 14.1. The molecule has 1 fully saturated rings. The summed E-state index contributed by atoms with van der Waals surface area (Å²) in [4.78, 5) is 12.1. The van der Waals surface area contributed by atoms with Crippen molar-refractivity contribution in [2.24, 2.45) is 0 Å². The van der Waals surface area contributed by atoms with E-state index < -0.39 is 28.7 Å². The third-order valence-electron chi connectivity index (χ3n) is 4.83. The Morgan fingerprint density at radius 1 is 1.13 bits per heavy atom. The van der Waals surface area contributed by atoms with Gasteiger partial charge in [-0.25, -0.2) is 8.42 Å². The maximum Gasteiger partial charge on any atom is 0.422 e. The highest BCUT2D eigenvalue weighted by Crippen LogP contribution is 2.31. The van der Waals surface area contributed by atoms with Crippen LogP contribution in [0.15, 0.2) is 23.1 Å². The normalized spacial score (nSPS) is 16.1. The second-order valence-corrected chi connectivity index (χ2v) is 9.32. The van der Waals surface area contributed by atoms with Crippen molar-refractivity contribution in [1.29, 1.82) is 0 Å². The molecule has 0 radical (unpaired) electrons. The van der Waals surface area contributed by atoms with Gasteiger partial charge in [0, 0.05) is 19.5 Å². The molecule has 10 heteroatoms. The smallest absolute Gasteiger partial charge is 0.422 e. The minimum absolute atomic E-state index is 0.0726. The van der Waals surface area contributed by atoms with E-state index in [9.17, 15) is 26.4 Å². The summed E-state index contributed by atoms with van der Waals surface area (Å²) in [5.74, 6) is -0.615. The number of benzene rings is 1. The third-order valence-corrected chi connectivity index (χ3v) is 6.72. The monoisotopic (exact) mass is 450 g/mol. The van der Waals surface area contributed by atoms with Crippen molar-refractivity contribution in [3.63, 3.8) is 0 Å². The summed E-state index contributed by atoms with van der Waals surface area (Å²) in [5.41, 5.74) is -0.0726. The number of amides is 1. The van der Waals surface area contributed by atoms with Crippen LogP contribution in [0.5, 0.6) is 5.75 Å². The van der Waals surface area contributed by atoms with E-state index in [1.54, 1.807) is 0 Å². The van der Waals surface area contributed by atoms with Crippen LogP contribution < -0.4 is 10.1 Å². The zero-order valence-electron chi connectivity index (χ0n) is 17.1. The van der Waals surface area contributed by atoms with Crippen LogP contribution in [-0.4, -0.2) is 44.5 Å². The van der Waals surface area contributed by atoms with Gasteiger partial charge >= 0.3 is 6.18 Å². The van der Waals surface area contributed by atoms with Crippen molar-refractivity contribution < 1.29 is 31.1 Å². The second kappa shape index (κ2) is 11.0. The highest BCUT2D eigenvalue weighted by atomic mass is 32.2. The number of sulfonamides is 1. The Morgan fingerprint density at radius 3 is 2.40 bits per heavy atom. The molecule has 2 rings (SSSR count). The van der Waals surface area contributed by atoms with Gasteiger partial charge in [-0.3, -0.25) is 4.79 Å². The Balaban J connectivity index is 2.28. The molecule has 0 atom stereocenters. The topological polar surface area (TPSA) is 75.7 Å². The van der Waals surface area contributed by atoms with Gasteiger partial charge in [0.15, 0.2) is 6.61 Å². The van der Waals surface area contributed by atoms with Gasteiger partial charge in [-0.2, -0.15) is 17.5 Å². The largest absolute Gasteiger partial charge is 0.482 e. The molecule has 0 aliphatic carbocycles. The van der Waals surface area contributed by atoms with Crippen LogP contribution >= 0.6 is 0 Å². The van der Waals surface area contributed by atoms with E-state index in [-0.39, 0.29) is 22.8 Å². The van der Waals surface area contributed by atoms with Crippen LogP contribution in [-0.2, 0) is 14.8 Å². The molecule has 170 valence electrons. The van der Waals surface area contributed by atoms with Crippen molar-refractivity contribution in [2.75, 3.05) is 25.0 Å². The number of rotatable bonds is 9. The molecular formula is C20H29F3N2O4S. The summed E-state index contributed by atoms with van der Waals surface area (Å²) in [5, 5.41) is 2.52. The van der Waals surface area contributed by atoms with E-state index >= 15 is 0 Å². The zero-order valence-corrected chi connectivity index (χ0v) is 17.9. The number of carbonyl (C=O) groups is 1. The molecule has 1 saturated heterocycles. The molecule has 1 aromatic rings. The van der Waals surface area contributed by atoms with Gasteiger partial charge in [0.05, 0.1) is 10.6 Å². The van der Waals surface area contributed by atoms with E-state index in [0.717, 1.165) is 44.6 Å². The minimum Gasteiger partial charge on any atom is -0.482 e. The molecule has 30 heavy (non-hydrogen) atoms. The number of hydrogen-bond acceptors (Lipinski definition) is 4. The first-order valence-electron chi connectivity index (χ1n) is 10.3. The predicted molar refractivity (Wildman–Crippen MR) is 108 cm³/mol. The maximum atomic E-state index is 13.0. The van der Waals surface area contributed by atoms with E-state index in [4.69, 9.17) is 4.74 Å². The Labute approximate surface area is 175 Å². The van der Waals surface area contributed by atoms with Gasteiger partial charge in [-0.05, 0) is 37.5 Å². The number of unbranched alkanes of at least 4 members (excludes halogenated alkanes) is 2. The molecule has 1 aromatic carbocycles. The fourth-order valence-electron chi connectivity index (χ4n) is 3.23. The number of nitrogens with zero attached hydrogens (tertiary/aromatic N) is 1. The van der Waals surface area contributed by atoms with Crippen LogP contribution in [0.1, 0.15) is 58.3 Å². The lowest BCUT2D eigenvalue weighted by molar-refractivity contribution is -0.153. The number of alkyl halides is 3. The average Bonchev–Trinajstić information content (AvgIpc) is 2.96. The molecule has 1 heterocycles. The lowest BCUT2D eigenvalue weighted by Crippen LogP contribution is -2.32. The van der Waals surface area contributed by atoms with Gasteiger partial charge in [0.25, 0.3) is 0 Å².